The maximum Gasteiger partial charge on any atom is 0.169 e. The van der Waals surface area contributed by atoms with Crippen LogP contribution in [0.2, 0.25) is 0 Å². The highest BCUT2D eigenvalue weighted by Crippen LogP contribution is 2.25. The molecule has 0 aliphatic carbocycles. The van der Waals surface area contributed by atoms with Crippen LogP contribution < -0.4 is 4.74 Å². The van der Waals surface area contributed by atoms with Crippen molar-refractivity contribution in [2.24, 2.45) is 0 Å². The average molecular weight is 201 g/mol. The summed E-state index contributed by atoms with van der Waals surface area (Å²) < 4.78 is 18.9. The average Bonchev–Trinajstić information content (AvgIpc) is 2.26. The van der Waals surface area contributed by atoms with E-state index in [1.54, 1.807) is 31.2 Å². The van der Waals surface area contributed by atoms with Crippen LogP contribution in [-0.2, 0) is 0 Å². The summed E-state index contributed by atoms with van der Waals surface area (Å²) in [7, 11) is 0. The Morgan fingerprint density at radius 2 is 1.87 bits per heavy atom. The standard InChI is InChI=1S/C13H10FO/c1-10-6-5-9-12(13(10)14)15-11-7-3-2-4-8-11/h2-5,7-9H,1H3. The monoisotopic (exact) mass is 201 g/mol. The van der Waals surface area contributed by atoms with Crippen molar-refractivity contribution in [3.05, 3.63) is 59.9 Å². The summed E-state index contributed by atoms with van der Waals surface area (Å²) >= 11 is 0. The van der Waals surface area contributed by atoms with Crippen LogP contribution >= 0.6 is 0 Å². The summed E-state index contributed by atoms with van der Waals surface area (Å²) in [4.78, 5) is 0. The number of hydrogen-bond donors (Lipinski definition) is 0. The van der Waals surface area contributed by atoms with Crippen molar-refractivity contribution in [2.45, 2.75) is 6.92 Å². The Hall–Kier alpha value is -1.83. The van der Waals surface area contributed by atoms with E-state index in [4.69, 9.17) is 4.74 Å². The highest BCUT2D eigenvalue weighted by molar-refractivity contribution is 5.34. The summed E-state index contributed by atoms with van der Waals surface area (Å²) in [6, 6.07) is 15.1. The molecule has 2 aromatic rings. The molecule has 0 N–H and O–H groups in total. The van der Waals surface area contributed by atoms with Gasteiger partial charge in [0.15, 0.2) is 11.6 Å². The number of benzene rings is 2. The van der Waals surface area contributed by atoms with Crippen LogP contribution in [0.4, 0.5) is 4.39 Å². The first-order valence-corrected chi connectivity index (χ1v) is 4.67. The normalized spacial score (nSPS) is 10.0. The first kappa shape index (κ1) is 9.71. The van der Waals surface area contributed by atoms with Crippen LogP contribution in [0.15, 0.2) is 42.5 Å². The fourth-order valence-corrected chi connectivity index (χ4v) is 1.26. The van der Waals surface area contributed by atoms with E-state index in [1.807, 2.05) is 18.2 Å². The minimum absolute atomic E-state index is 0.234. The highest BCUT2D eigenvalue weighted by atomic mass is 19.1. The van der Waals surface area contributed by atoms with Gasteiger partial charge < -0.3 is 4.74 Å². The molecule has 0 saturated heterocycles. The molecule has 0 atom stereocenters. The quantitative estimate of drug-likeness (QED) is 0.719. The van der Waals surface area contributed by atoms with E-state index in [-0.39, 0.29) is 11.6 Å². The third-order valence-corrected chi connectivity index (χ3v) is 2.05. The van der Waals surface area contributed by atoms with Gasteiger partial charge >= 0.3 is 0 Å². The molecule has 2 aromatic carbocycles. The summed E-state index contributed by atoms with van der Waals surface area (Å²) in [6.07, 6.45) is 0. The number of hydrogen-bond acceptors (Lipinski definition) is 1. The SMILES string of the molecule is Cc1[c]ccc(Oc2ccccc2)c1F. The molecule has 0 unspecified atom stereocenters. The third kappa shape index (κ3) is 2.15. The summed E-state index contributed by atoms with van der Waals surface area (Å²) in [5.74, 6) is 0.501. The van der Waals surface area contributed by atoms with Crippen LogP contribution in [0.1, 0.15) is 5.56 Å². The third-order valence-electron chi connectivity index (χ3n) is 2.05. The molecule has 0 amide bonds. The van der Waals surface area contributed by atoms with E-state index in [0.29, 0.717) is 11.3 Å². The molecule has 2 rings (SSSR count). The van der Waals surface area contributed by atoms with Crippen LogP contribution in [0.3, 0.4) is 0 Å². The Morgan fingerprint density at radius 1 is 1.13 bits per heavy atom. The minimum atomic E-state index is -0.360. The van der Waals surface area contributed by atoms with E-state index in [2.05, 4.69) is 6.07 Å². The van der Waals surface area contributed by atoms with Crippen LogP contribution in [0.25, 0.3) is 0 Å². The Kier molecular flexibility index (Phi) is 2.68. The Balaban J connectivity index is 2.29. The second-order valence-electron chi connectivity index (χ2n) is 3.20. The van der Waals surface area contributed by atoms with Gasteiger partial charge in [-0.05, 0) is 36.8 Å². The van der Waals surface area contributed by atoms with Crippen molar-refractivity contribution in [1.82, 2.24) is 0 Å². The molecule has 0 heterocycles. The van der Waals surface area contributed by atoms with Gasteiger partial charge in [0.05, 0.1) is 0 Å². The van der Waals surface area contributed by atoms with E-state index < -0.39 is 0 Å². The summed E-state index contributed by atoms with van der Waals surface area (Å²) in [6.45, 7) is 1.66. The molecule has 0 aliphatic rings. The first-order valence-electron chi connectivity index (χ1n) is 4.67. The molecule has 1 radical (unpaired) electrons. The molecule has 75 valence electrons. The lowest BCUT2D eigenvalue weighted by Crippen LogP contribution is -1.90. The molecule has 0 bridgehead atoms. The van der Waals surface area contributed by atoms with Crippen molar-refractivity contribution < 1.29 is 9.13 Å². The largest absolute Gasteiger partial charge is 0.454 e. The van der Waals surface area contributed by atoms with Gasteiger partial charge in [-0.2, -0.15) is 0 Å². The molecule has 0 aliphatic heterocycles. The van der Waals surface area contributed by atoms with Crippen LogP contribution in [-0.4, -0.2) is 0 Å². The zero-order valence-corrected chi connectivity index (χ0v) is 8.33. The maximum absolute atomic E-state index is 13.5. The topological polar surface area (TPSA) is 9.23 Å². The van der Waals surface area contributed by atoms with Crippen molar-refractivity contribution in [3.8, 4) is 11.5 Å². The minimum Gasteiger partial charge on any atom is -0.454 e. The molecular weight excluding hydrogens is 191 g/mol. The van der Waals surface area contributed by atoms with E-state index in [9.17, 15) is 4.39 Å². The predicted molar refractivity (Wildman–Crippen MR) is 56.5 cm³/mol. The number of aryl methyl sites for hydroxylation is 1. The molecule has 0 spiro atoms. The van der Waals surface area contributed by atoms with Crippen molar-refractivity contribution in [1.29, 1.82) is 0 Å². The molecule has 15 heavy (non-hydrogen) atoms. The van der Waals surface area contributed by atoms with Gasteiger partial charge in [-0.15, -0.1) is 0 Å². The summed E-state index contributed by atoms with van der Waals surface area (Å²) in [5, 5.41) is 0. The van der Waals surface area contributed by atoms with Crippen LogP contribution in [0.5, 0.6) is 11.5 Å². The number of ether oxygens (including phenoxy) is 1. The number of rotatable bonds is 2. The van der Waals surface area contributed by atoms with Crippen molar-refractivity contribution in [3.63, 3.8) is 0 Å². The molecule has 0 aromatic heterocycles. The molecule has 0 fully saturated rings. The van der Waals surface area contributed by atoms with Gasteiger partial charge in [0, 0.05) is 0 Å². The smallest absolute Gasteiger partial charge is 0.169 e. The summed E-state index contributed by atoms with van der Waals surface area (Å²) in [5.41, 5.74) is 0.462. The van der Waals surface area contributed by atoms with Gasteiger partial charge in [0.2, 0.25) is 0 Å². The lowest BCUT2D eigenvalue weighted by atomic mass is 10.2. The lowest BCUT2D eigenvalue weighted by Gasteiger charge is -2.07. The van der Waals surface area contributed by atoms with E-state index in [0.717, 1.165) is 0 Å². The van der Waals surface area contributed by atoms with Gasteiger partial charge in [-0.1, -0.05) is 24.3 Å². The van der Waals surface area contributed by atoms with Gasteiger partial charge in [0.25, 0.3) is 0 Å². The molecular formula is C13H10FO. The number of halogens is 1. The second-order valence-corrected chi connectivity index (χ2v) is 3.20. The molecule has 0 saturated carbocycles. The zero-order valence-electron chi connectivity index (χ0n) is 8.33. The van der Waals surface area contributed by atoms with Gasteiger partial charge in [0.1, 0.15) is 5.75 Å². The van der Waals surface area contributed by atoms with E-state index in [1.165, 1.54) is 0 Å². The van der Waals surface area contributed by atoms with Gasteiger partial charge in [-0.3, -0.25) is 0 Å². The Morgan fingerprint density at radius 3 is 2.60 bits per heavy atom. The first-order chi connectivity index (χ1) is 7.27. The Labute approximate surface area is 88.1 Å². The molecule has 1 nitrogen and oxygen atoms in total. The number of para-hydroxylation sites is 1. The fourth-order valence-electron chi connectivity index (χ4n) is 1.26. The highest BCUT2D eigenvalue weighted by Gasteiger charge is 2.06. The van der Waals surface area contributed by atoms with E-state index >= 15 is 0 Å². The maximum atomic E-state index is 13.5. The predicted octanol–water partition coefficient (Wildman–Crippen LogP) is 3.73. The second kappa shape index (κ2) is 4.13. The van der Waals surface area contributed by atoms with Crippen molar-refractivity contribution in [2.75, 3.05) is 0 Å². The van der Waals surface area contributed by atoms with Crippen molar-refractivity contribution >= 4 is 0 Å². The fraction of sp³-hybridized carbons (Fsp3) is 0.0769. The van der Waals surface area contributed by atoms with Crippen LogP contribution in [0, 0.1) is 18.8 Å². The molecule has 2 heteroatoms. The lowest BCUT2D eigenvalue weighted by molar-refractivity contribution is 0.440. The van der Waals surface area contributed by atoms with Gasteiger partial charge in [-0.25, -0.2) is 4.39 Å². The zero-order chi connectivity index (χ0) is 10.7. The Bertz CT molecular complexity index is 451.